The number of benzene rings is 3. The van der Waals surface area contributed by atoms with Crippen LogP contribution in [-0.4, -0.2) is 27.8 Å². The van der Waals surface area contributed by atoms with Crippen molar-refractivity contribution in [1.29, 1.82) is 0 Å². The Bertz CT molecular complexity index is 1430. The van der Waals surface area contributed by atoms with Gasteiger partial charge in [-0.1, -0.05) is 60.7 Å². The maximum absolute atomic E-state index is 13.7. The van der Waals surface area contributed by atoms with Crippen molar-refractivity contribution in [3.05, 3.63) is 107 Å². The highest BCUT2D eigenvalue weighted by Crippen LogP contribution is 2.43. The fraction of sp³-hybridized carbons (Fsp3) is 0.179. The van der Waals surface area contributed by atoms with Crippen LogP contribution in [0.4, 0.5) is 11.6 Å². The third-order valence-corrected chi connectivity index (χ3v) is 6.18. The van der Waals surface area contributed by atoms with Crippen LogP contribution in [0, 0.1) is 6.92 Å². The molecule has 36 heavy (non-hydrogen) atoms. The number of fused-ring (bicyclic) bond motifs is 1. The van der Waals surface area contributed by atoms with Crippen LogP contribution in [-0.2, 0) is 11.4 Å². The molecule has 1 aromatic heterocycles. The number of aromatic nitrogens is 3. The van der Waals surface area contributed by atoms with Gasteiger partial charge in [0, 0.05) is 16.9 Å². The number of aryl methyl sites for hydroxylation is 1. The number of anilines is 2. The van der Waals surface area contributed by atoms with Gasteiger partial charge in [-0.05, 0) is 37.1 Å². The van der Waals surface area contributed by atoms with Crippen LogP contribution in [0.1, 0.15) is 29.7 Å². The van der Waals surface area contributed by atoms with Gasteiger partial charge in [-0.25, -0.2) is 4.68 Å². The molecule has 1 amide bonds. The van der Waals surface area contributed by atoms with Crippen molar-refractivity contribution in [2.45, 2.75) is 26.5 Å². The summed E-state index contributed by atoms with van der Waals surface area (Å²) >= 11 is 0. The van der Waals surface area contributed by atoms with Crippen LogP contribution in [0.5, 0.6) is 11.5 Å². The number of rotatable bonds is 7. The molecule has 8 nitrogen and oxygen atoms in total. The smallest absolute Gasteiger partial charge is 0.255 e. The monoisotopic (exact) mass is 481 g/mol. The van der Waals surface area contributed by atoms with E-state index < -0.39 is 6.04 Å². The molecular formula is C28H27N5O3. The minimum atomic E-state index is -0.589. The number of methoxy groups -OCH3 is 1. The van der Waals surface area contributed by atoms with Crippen LogP contribution in [0.15, 0.2) is 90.4 Å². The third kappa shape index (κ3) is 4.40. The molecule has 0 bridgehead atoms. The molecule has 0 aliphatic carbocycles. The minimum Gasteiger partial charge on any atom is -0.493 e. The van der Waals surface area contributed by atoms with E-state index in [9.17, 15) is 4.79 Å². The van der Waals surface area contributed by atoms with Crippen molar-refractivity contribution >= 4 is 17.5 Å². The van der Waals surface area contributed by atoms with Gasteiger partial charge in [0.2, 0.25) is 5.95 Å². The lowest BCUT2D eigenvalue weighted by molar-refractivity contribution is -0.113. The van der Waals surface area contributed by atoms with E-state index >= 15 is 0 Å². The normalized spacial score (nSPS) is 14.6. The van der Waals surface area contributed by atoms with E-state index in [1.807, 2.05) is 86.6 Å². The van der Waals surface area contributed by atoms with Gasteiger partial charge in [-0.15, -0.1) is 0 Å². The summed E-state index contributed by atoms with van der Waals surface area (Å²) in [6.07, 6.45) is 1.47. The van der Waals surface area contributed by atoms with E-state index in [2.05, 4.69) is 20.7 Å². The number of nitrogens with zero attached hydrogens (tertiary/aromatic N) is 3. The van der Waals surface area contributed by atoms with Crippen LogP contribution in [0.2, 0.25) is 0 Å². The molecule has 4 aromatic rings. The molecule has 3 aromatic carbocycles. The maximum Gasteiger partial charge on any atom is 0.255 e. The zero-order valence-corrected chi connectivity index (χ0v) is 20.4. The van der Waals surface area contributed by atoms with Crippen LogP contribution >= 0.6 is 0 Å². The van der Waals surface area contributed by atoms with Crippen LogP contribution < -0.4 is 20.1 Å². The van der Waals surface area contributed by atoms with Crippen LogP contribution in [0.3, 0.4) is 0 Å². The quantitative estimate of drug-likeness (QED) is 0.382. The van der Waals surface area contributed by atoms with E-state index in [4.69, 9.17) is 9.47 Å². The zero-order valence-electron chi connectivity index (χ0n) is 20.4. The number of carbonyl (C=O) groups is 1. The molecule has 0 saturated heterocycles. The first-order valence-corrected chi connectivity index (χ1v) is 11.6. The van der Waals surface area contributed by atoms with Crippen molar-refractivity contribution in [2.75, 3.05) is 17.7 Å². The first-order chi connectivity index (χ1) is 17.6. The molecule has 5 rings (SSSR count). The van der Waals surface area contributed by atoms with Gasteiger partial charge in [0.05, 0.1) is 12.7 Å². The maximum atomic E-state index is 13.7. The first kappa shape index (κ1) is 23.2. The van der Waals surface area contributed by atoms with Crippen molar-refractivity contribution in [1.82, 2.24) is 14.8 Å². The third-order valence-electron chi connectivity index (χ3n) is 6.18. The lowest BCUT2D eigenvalue weighted by atomic mass is 9.93. The Morgan fingerprint density at radius 3 is 2.58 bits per heavy atom. The van der Waals surface area contributed by atoms with Crippen molar-refractivity contribution in [3.63, 3.8) is 0 Å². The lowest BCUT2D eigenvalue weighted by Gasteiger charge is -2.30. The zero-order chi connectivity index (χ0) is 25.1. The molecule has 0 spiro atoms. The molecule has 2 N–H and O–H groups in total. The van der Waals surface area contributed by atoms with E-state index in [1.54, 1.807) is 11.8 Å². The number of amides is 1. The second-order valence-corrected chi connectivity index (χ2v) is 8.52. The molecule has 8 heteroatoms. The van der Waals surface area contributed by atoms with Crippen LogP contribution in [0.25, 0.3) is 0 Å². The Morgan fingerprint density at radius 1 is 1.03 bits per heavy atom. The number of nitrogens with one attached hydrogen (secondary N) is 2. The average Bonchev–Trinajstić information content (AvgIpc) is 3.36. The average molecular weight is 482 g/mol. The molecule has 1 aliphatic heterocycles. The van der Waals surface area contributed by atoms with E-state index in [1.165, 1.54) is 6.33 Å². The summed E-state index contributed by atoms with van der Waals surface area (Å²) in [4.78, 5) is 18.1. The predicted octanol–water partition coefficient (Wildman–Crippen LogP) is 5.10. The highest BCUT2D eigenvalue weighted by atomic mass is 16.5. The summed E-state index contributed by atoms with van der Waals surface area (Å²) in [5, 5.41) is 10.7. The highest BCUT2D eigenvalue weighted by molar-refractivity contribution is 6.06. The Hall–Kier alpha value is -4.59. The van der Waals surface area contributed by atoms with Gasteiger partial charge in [-0.3, -0.25) is 4.79 Å². The number of para-hydroxylation sites is 2. The van der Waals surface area contributed by atoms with Gasteiger partial charge in [0.25, 0.3) is 5.91 Å². The number of ether oxygens (including phenoxy) is 2. The summed E-state index contributed by atoms with van der Waals surface area (Å²) < 4.78 is 13.7. The van der Waals surface area contributed by atoms with E-state index in [-0.39, 0.29) is 5.91 Å². The number of carbonyl (C=O) groups excluding carboxylic acids is 1. The first-order valence-electron chi connectivity index (χ1n) is 11.6. The number of allylic oxidation sites excluding steroid dienone is 1. The summed E-state index contributed by atoms with van der Waals surface area (Å²) in [5.41, 5.74) is 4.67. The topological polar surface area (TPSA) is 90.3 Å². The van der Waals surface area contributed by atoms with Crippen molar-refractivity contribution < 1.29 is 14.3 Å². The molecule has 0 fully saturated rings. The molecule has 1 atom stereocenters. The molecule has 0 radical (unpaired) electrons. The Kier molecular flexibility index (Phi) is 6.40. The molecule has 182 valence electrons. The predicted molar refractivity (Wildman–Crippen MR) is 138 cm³/mol. The second kappa shape index (κ2) is 9.95. The lowest BCUT2D eigenvalue weighted by Crippen LogP contribution is -2.32. The fourth-order valence-electron chi connectivity index (χ4n) is 4.37. The SMILES string of the molecule is COc1cccc([C@H]2C(C(=O)Nc3ccccc3C)=C(C)Nc3ncnn32)c1OCc1ccccc1. The number of hydrogen-bond donors (Lipinski definition) is 2. The number of hydrogen-bond acceptors (Lipinski definition) is 6. The fourth-order valence-corrected chi connectivity index (χ4v) is 4.37. The molecule has 0 unspecified atom stereocenters. The van der Waals surface area contributed by atoms with Gasteiger partial charge < -0.3 is 20.1 Å². The van der Waals surface area contributed by atoms with E-state index in [0.29, 0.717) is 35.3 Å². The van der Waals surface area contributed by atoms with Gasteiger partial charge in [-0.2, -0.15) is 10.1 Å². The highest BCUT2D eigenvalue weighted by Gasteiger charge is 2.36. The van der Waals surface area contributed by atoms with Gasteiger partial charge in [0.1, 0.15) is 19.0 Å². The molecule has 2 heterocycles. The summed E-state index contributed by atoms with van der Waals surface area (Å²) in [6.45, 7) is 4.17. The van der Waals surface area contributed by atoms with Gasteiger partial charge >= 0.3 is 0 Å². The van der Waals surface area contributed by atoms with Crippen molar-refractivity contribution in [3.8, 4) is 11.5 Å². The second-order valence-electron chi connectivity index (χ2n) is 8.52. The summed E-state index contributed by atoms with van der Waals surface area (Å²) in [7, 11) is 1.60. The molecule has 0 saturated carbocycles. The molecular weight excluding hydrogens is 454 g/mol. The minimum absolute atomic E-state index is 0.239. The van der Waals surface area contributed by atoms with Crippen molar-refractivity contribution in [2.24, 2.45) is 0 Å². The molecule has 1 aliphatic rings. The Morgan fingerprint density at radius 2 is 1.81 bits per heavy atom. The van der Waals surface area contributed by atoms with Gasteiger partial charge in [0.15, 0.2) is 11.5 Å². The summed E-state index contributed by atoms with van der Waals surface area (Å²) in [6, 6.07) is 22.6. The Balaban J connectivity index is 1.59. The standard InChI is InChI=1S/C28H27N5O3/c1-18-10-7-8-14-22(18)32-27(34)24-19(2)31-28-29-17-30-33(28)25(24)21-13-9-15-23(35-3)26(21)36-16-20-11-5-4-6-12-20/h4-15,17,25H,16H2,1-3H3,(H,32,34)(H,29,30,31)/t25-/m0/s1. The largest absolute Gasteiger partial charge is 0.493 e. The summed E-state index contributed by atoms with van der Waals surface area (Å²) in [5.74, 6) is 1.42. The Labute approximate surface area is 209 Å². The van der Waals surface area contributed by atoms with E-state index in [0.717, 1.165) is 22.4 Å².